The molecule has 0 heterocycles. The van der Waals surface area contributed by atoms with Gasteiger partial charge in [0.15, 0.2) is 0 Å². The van der Waals surface area contributed by atoms with E-state index in [1.165, 1.54) is 0 Å². The molecule has 0 saturated heterocycles. The van der Waals surface area contributed by atoms with Crippen LogP contribution in [0, 0.1) is 5.92 Å². The van der Waals surface area contributed by atoms with E-state index in [-0.39, 0.29) is 12.5 Å². The number of aliphatic hydroxyl groups is 1. The molecule has 1 aliphatic rings. The third kappa shape index (κ3) is 2.89. The van der Waals surface area contributed by atoms with E-state index >= 15 is 0 Å². The quantitative estimate of drug-likeness (QED) is 0.857. The van der Waals surface area contributed by atoms with Crippen LogP contribution in [0.1, 0.15) is 49.1 Å². The molecule has 1 N–H and O–H groups in total. The van der Waals surface area contributed by atoms with Gasteiger partial charge in [0.25, 0.3) is 0 Å². The smallest absolute Gasteiger partial charge is 0.245 e. The van der Waals surface area contributed by atoms with Crippen molar-refractivity contribution in [3.8, 4) is 0 Å². The Morgan fingerprint density at radius 2 is 1.78 bits per heavy atom. The summed E-state index contributed by atoms with van der Waals surface area (Å²) in [4.78, 5) is 0. The topological polar surface area (TPSA) is 20.2 Å². The third-order valence-corrected chi connectivity index (χ3v) is 4.01. The highest BCUT2D eigenvalue weighted by molar-refractivity contribution is 5.31. The van der Waals surface area contributed by atoms with Gasteiger partial charge in [-0.3, -0.25) is 0 Å². The third-order valence-electron chi connectivity index (χ3n) is 4.01. The lowest BCUT2D eigenvalue weighted by Crippen LogP contribution is -2.23. The van der Waals surface area contributed by atoms with E-state index in [1.807, 2.05) is 0 Å². The Balaban J connectivity index is 2.28. The normalized spacial score (nSPS) is 19.1. The molecule has 0 aromatic heterocycles. The predicted octanol–water partition coefficient (Wildman–Crippen LogP) is 4.11. The van der Waals surface area contributed by atoms with E-state index in [2.05, 4.69) is 0 Å². The van der Waals surface area contributed by atoms with E-state index < -0.39 is 12.3 Å². The van der Waals surface area contributed by atoms with Crippen molar-refractivity contribution in [3.63, 3.8) is 0 Å². The average molecular weight is 254 g/mol. The highest BCUT2D eigenvalue weighted by Crippen LogP contribution is 2.40. The molecule has 3 heteroatoms. The summed E-state index contributed by atoms with van der Waals surface area (Å²) in [5.41, 5.74) is 1.29. The van der Waals surface area contributed by atoms with Gasteiger partial charge >= 0.3 is 0 Å². The van der Waals surface area contributed by atoms with E-state index in [1.54, 1.807) is 24.3 Å². The number of alkyl halides is 2. The van der Waals surface area contributed by atoms with E-state index in [4.69, 9.17) is 0 Å². The molecule has 0 radical (unpaired) electrons. The Hall–Kier alpha value is -0.960. The van der Waals surface area contributed by atoms with Gasteiger partial charge in [0.1, 0.15) is 0 Å². The second-order valence-corrected chi connectivity index (χ2v) is 5.12. The zero-order chi connectivity index (χ0) is 13.0. The Labute approximate surface area is 107 Å². The average Bonchev–Trinajstić information content (AvgIpc) is 2.40. The van der Waals surface area contributed by atoms with Crippen LogP contribution in [0.3, 0.4) is 0 Å². The van der Waals surface area contributed by atoms with Gasteiger partial charge < -0.3 is 5.11 Å². The van der Waals surface area contributed by atoms with Crippen molar-refractivity contribution in [3.05, 3.63) is 35.4 Å². The fourth-order valence-electron chi connectivity index (χ4n) is 3.09. The second kappa shape index (κ2) is 6.28. The van der Waals surface area contributed by atoms with E-state index in [0.717, 1.165) is 32.1 Å². The largest absolute Gasteiger partial charge is 0.392 e. The first kappa shape index (κ1) is 13.5. The first-order chi connectivity index (χ1) is 8.74. The maximum Gasteiger partial charge on any atom is 0.245 e. The summed E-state index contributed by atoms with van der Waals surface area (Å²) >= 11 is 0. The summed E-state index contributed by atoms with van der Waals surface area (Å²) in [7, 11) is 0. The molecule has 1 aromatic carbocycles. The van der Waals surface area contributed by atoms with Crippen molar-refractivity contribution >= 4 is 0 Å². The fourth-order valence-corrected chi connectivity index (χ4v) is 3.09. The van der Waals surface area contributed by atoms with Crippen LogP contribution in [0.15, 0.2) is 24.3 Å². The summed E-state index contributed by atoms with van der Waals surface area (Å²) in [5.74, 6) is -0.653. The van der Waals surface area contributed by atoms with Crippen LogP contribution in [0.5, 0.6) is 0 Å². The maximum absolute atomic E-state index is 13.4. The minimum absolute atomic E-state index is 0.0615. The summed E-state index contributed by atoms with van der Waals surface area (Å²) < 4.78 is 26.8. The van der Waals surface area contributed by atoms with Gasteiger partial charge in [0, 0.05) is 5.92 Å². The molecule has 1 fully saturated rings. The molecule has 18 heavy (non-hydrogen) atoms. The van der Waals surface area contributed by atoms with Crippen molar-refractivity contribution in [2.75, 3.05) is 0 Å². The van der Waals surface area contributed by atoms with Gasteiger partial charge in [-0.1, -0.05) is 43.5 Å². The Kier molecular flexibility index (Phi) is 4.70. The van der Waals surface area contributed by atoms with Gasteiger partial charge in [0.05, 0.1) is 6.61 Å². The molecule has 100 valence electrons. The minimum atomic E-state index is -2.35. The number of hydrogen-bond donors (Lipinski definition) is 1. The summed E-state index contributed by atoms with van der Waals surface area (Å²) in [5, 5.41) is 9.30. The number of hydrogen-bond acceptors (Lipinski definition) is 1. The molecule has 0 bridgehead atoms. The van der Waals surface area contributed by atoms with Crippen LogP contribution in [0.2, 0.25) is 0 Å². The highest BCUT2D eigenvalue weighted by atomic mass is 19.3. The number of benzene rings is 1. The van der Waals surface area contributed by atoms with Crippen molar-refractivity contribution in [1.82, 2.24) is 0 Å². The van der Waals surface area contributed by atoms with Crippen LogP contribution in [-0.2, 0) is 6.61 Å². The lowest BCUT2D eigenvalue weighted by Gasteiger charge is -2.31. The van der Waals surface area contributed by atoms with Crippen LogP contribution >= 0.6 is 0 Å². The SMILES string of the molecule is OCc1ccccc1C(C(F)F)C1CCCCC1. The van der Waals surface area contributed by atoms with Crippen molar-refractivity contribution in [2.45, 2.75) is 51.1 Å². The van der Waals surface area contributed by atoms with Crippen molar-refractivity contribution in [1.29, 1.82) is 0 Å². The second-order valence-electron chi connectivity index (χ2n) is 5.12. The molecule has 0 amide bonds. The molecule has 1 aromatic rings. The summed E-state index contributed by atoms with van der Waals surface area (Å²) in [6.45, 7) is -0.161. The lowest BCUT2D eigenvalue weighted by atomic mass is 9.76. The number of aliphatic hydroxyl groups excluding tert-OH is 1. The Morgan fingerprint density at radius 3 is 2.39 bits per heavy atom. The zero-order valence-corrected chi connectivity index (χ0v) is 10.5. The van der Waals surface area contributed by atoms with Crippen LogP contribution in [0.4, 0.5) is 8.78 Å². The van der Waals surface area contributed by atoms with Gasteiger partial charge in [-0.25, -0.2) is 8.78 Å². The van der Waals surface area contributed by atoms with Crippen LogP contribution in [0.25, 0.3) is 0 Å². The maximum atomic E-state index is 13.4. The highest BCUT2D eigenvalue weighted by Gasteiger charge is 2.33. The van der Waals surface area contributed by atoms with Gasteiger partial charge in [0.2, 0.25) is 6.43 Å². The van der Waals surface area contributed by atoms with E-state index in [0.29, 0.717) is 11.1 Å². The lowest BCUT2D eigenvalue weighted by molar-refractivity contribution is 0.0732. The summed E-state index contributed by atoms with van der Waals surface area (Å²) in [6.07, 6.45) is 2.68. The monoisotopic (exact) mass is 254 g/mol. The molecule has 0 aliphatic heterocycles. The minimum Gasteiger partial charge on any atom is -0.392 e. The molecule has 1 aliphatic carbocycles. The molecular weight excluding hydrogens is 234 g/mol. The Bertz CT molecular complexity index is 373. The molecule has 1 atom stereocenters. The van der Waals surface area contributed by atoms with Crippen molar-refractivity contribution < 1.29 is 13.9 Å². The summed E-state index contributed by atoms with van der Waals surface area (Å²) in [6, 6.07) is 7.07. The molecule has 1 nitrogen and oxygen atoms in total. The van der Waals surface area contributed by atoms with Gasteiger partial charge in [-0.2, -0.15) is 0 Å². The van der Waals surface area contributed by atoms with Crippen molar-refractivity contribution in [2.24, 2.45) is 5.92 Å². The van der Waals surface area contributed by atoms with E-state index in [9.17, 15) is 13.9 Å². The zero-order valence-electron chi connectivity index (χ0n) is 10.5. The van der Waals surface area contributed by atoms with Crippen LogP contribution in [-0.4, -0.2) is 11.5 Å². The standard InChI is InChI=1S/C15H20F2O/c16-15(17)14(11-6-2-1-3-7-11)13-9-5-4-8-12(13)10-18/h4-5,8-9,11,14-15,18H,1-3,6-7,10H2. The number of rotatable bonds is 4. The fraction of sp³-hybridized carbons (Fsp3) is 0.600. The number of halogens is 2. The molecule has 1 saturated carbocycles. The van der Waals surface area contributed by atoms with Gasteiger partial charge in [-0.05, 0) is 29.9 Å². The predicted molar refractivity (Wildman–Crippen MR) is 67.7 cm³/mol. The first-order valence-electron chi connectivity index (χ1n) is 6.71. The Morgan fingerprint density at radius 1 is 1.11 bits per heavy atom. The van der Waals surface area contributed by atoms with Gasteiger partial charge in [-0.15, -0.1) is 0 Å². The first-order valence-corrected chi connectivity index (χ1v) is 6.71. The molecular formula is C15H20F2O. The molecule has 1 unspecified atom stereocenters. The molecule has 0 spiro atoms. The van der Waals surface area contributed by atoms with Crippen LogP contribution < -0.4 is 0 Å². The molecule has 2 rings (SSSR count).